The zero-order chi connectivity index (χ0) is 15.5. The Hall–Kier alpha value is -2.70. The normalized spacial score (nSPS) is 15.6. The first kappa shape index (κ1) is 17.3. The minimum absolute atomic E-state index is 0.208. The Morgan fingerprint density at radius 2 is 1.75 bits per heavy atom. The highest BCUT2D eigenvalue weighted by atomic mass is 16.6. The van der Waals surface area contributed by atoms with E-state index in [4.69, 9.17) is 5.11 Å². The van der Waals surface area contributed by atoms with Crippen LogP contribution in [-0.4, -0.2) is 40.4 Å². The van der Waals surface area contributed by atoms with Crippen molar-refractivity contribution in [1.29, 1.82) is 0 Å². The summed E-state index contributed by atoms with van der Waals surface area (Å²) in [6.07, 6.45) is 6.29. The second-order valence-electron chi connectivity index (χ2n) is 3.49. The molecule has 2 aliphatic heterocycles. The third-order valence-corrected chi connectivity index (χ3v) is 2.06. The van der Waals surface area contributed by atoms with Gasteiger partial charge in [-0.2, -0.15) is 0 Å². The number of aliphatic carboxylic acids is 1. The number of carbonyl (C=O) groups is 4. The molecule has 1 N–H and O–H groups in total. The molecule has 0 aliphatic carbocycles. The number of carboxylic acid groups (broad SMARTS) is 1. The van der Waals surface area contributed by atoms with Gasteiger partial charge in [-0.1, -0.05) is 13.2 Å². The molecule has 7 nitrogen and oxygen atoms in total. The van der Waals surface area contributed by atoms with Crippen molar-refractivity contribution in [3.8, 4) is 0 Å². The molecule has 0 spiro atoms. The predicted octanol–water partition coefficient (Wildman–Crippen LogP) is 0.635. The standard InChI is InChI=1S/C6H9NO.C4H2O3.C3H4O2/c1-2-7-5-3-4-6(7)8;5-3-1-2-4(6)7-3;1-2-3(4)5/h2H,1,3-5H2;1-2H;2H,1H2,(H,4,5). The molecule has 20 heavy (non-hydrogen) atoms. The van der Waals surface area contributed by atoms with Crippen LogP contribution in [0.2, 0.25) is 0 Å². The second kappa shape index (κ2) is 9.26. The Morgan fingerprint density at radius 3 is 1.90 bits per heavy atom. The summed E-state index contributed by atoms with van der Waals surface area (Å²) in [5, 5.41) is 7.60. The highest BCUT2D eigenvalue weighted by molar-refractivity contribution is 6.04. The molecule has 0 radical (unpaired) electrons. The van der Waals surface area contributed by atoms with Gasteiger partial charge in [-0.3, -0.25) is 4.79 Å². The van der Waals surface area contributed by atoms with Crippen molar-refractivity contribution in [2.45, 2.75) is 12.8 Å². The third kappa shape index (κ3) is 7.59. The van der Waals surface area contributed by atoms with Gasteiger partial charge in [0, 0.05) is 31.2 Å². The van der Waals surface area contributed by atoms with Crippen molar-refractivity contribution < 1.29 is 29.0 Å². The third-order valence-electron chi connectivity index (χ3n) is 2.06. The fourth-order valence-electron chi connectivity index (χ4n) is 1.17. The van der Waals surface area contributed by atoms with Crippen molar-refractivity contribution in [3.05, 3.63) is 37.6 Å². The summed E-state index contributed by atoms with van der Waals surface area (Å²) >= 11 is 0. The molecule has 2 aliphatic rings. The van der Waals surface area contributed by atoms with Crippen molar-refractivity contribution in [2.75, 3.05) is 6.54 Å². The van der Waals surface area contributed by atoms with E-state index in [1.807, 2.05) is 0 Å². The molecule has 0 atom stereocenters. The molecule has 2 heterocycles. The fourth-order valence-corrected chi connectivity index (χ4v) is 1.17. The van der Waals surface area contributed by atoms with E-state index >= 15 is 0 Å². The van der Waals surface area contributed by atoms with Gasteiger partial charge in [0.15, 0.2) is 0 Å². The molecule has 1 fully saturated rings. The van der Waals surface area contributed by atoms with E-state index in [2.05, 4.69) is 17.9 Å². The lowest BCUT2D eigenvalue weighted by Gasteiger charge is -2.05. The minimum atomic E-state index is -0.981. The van der Waals surface area contributed by atoms with E-state index in [1.54, 1.807) is 11.1 Å². The van der Waals surface area contributed by atoms with Crippen LogP contribution in [0, 0.1) is 0 Å². The van der Waals surface area contributed by atoms with Crippen LogP contribution >= 0.6 is 0 Å². The smallest absolute Gasteiger partial charge is 0.338 e. The SMILES string of the molecule is C=CC(=O)O.C=CN1CCCC1=O.O=C1C=CC(=O)O1. The zero-order valence-corrected chi connectivity index (χ0v) is 10.8. The lowest BCUT2D eigenvalue weighted by Crippen LogP contribution is -2.16. The molecule has 2 rings (SSSR count). The molecule has 1 saturated heterocycles. The number of nitrogens with zero attached hydrogens (tertiary/aromatic N) is 1. The van der Waals surface area contributed by atoms with Gasteiger partial charge in [-0.15, -0.1) is 0 Å². The Kier molecular flexibility index (Phi) is 8.01. The van der Waals surface area contributed by atoms with Crippen molar-refractivity contribution in [1.82, 2.24) is 4.90 Å². The first-order valence-corrected chi connectivity index (χ1v) is 5.62. The minimum Gasteiger partial charge on any atom is -0.478 e. The van der Waals surface area contributed by atoms with Crippen LogP contribution in [0.1, 0.15) is 12.8 Å². The number of amides is 1. The molecular formula is C13H15NO6. The van der Waals surface area contributed by atoms with Crippen molar-refractivity contribution in [3.63, 3.8) is 0 Å². The van der Waals surface area contributed by atoms with Gasteiger partial charge in [-0.05, 0) is 12.6 Å². The molecule has 0 saturated carbocycles. The van der Waals surface area contributed by atoms with Gasteiger partial charge < -0.3 is 14.7 Å². The first-order valence-electron chi connectivity index (χ1n) is 5.62. The van der Waals surface area contributed by atoms with Crippen LogP contribution < -0.4 is 0 Å². The number of carbonyl (C=O) groups excluding carboxylic acids is 3. The lowest BCUT2D eigenvalue weighted by molar-refractivity contribution is -0.150. The number of carboxylic acids is 1. The van der Waals surface area contributed by atoms with E-state index in [-0.39, 0.29) is 5.91 Å². The van der Waals surface area contributed by atoms with Crippen molar-refractivity contribution >= 4 is 23.8 Å². The number of ether oxygens (including phenoxy) is 1. The summed E-state index contributed by atoms with van der Waals surface area (Å²) in [6.45, 7) is 7.32. The average Bonchev–Trinajstić information content (AvgIpc) is 2.99. The quantitative estimate of drug-likeness (QED) is 0.452. The van der Waals surface area contributed by atoms with Gasteiger partial charge in [-0.25, -0.2) is 14.4 Å². The molecule has 7 heteroatoms. The van der Waals surface area contributed by atoms with Crippen LogP contribution in [-0.2, 0) is 23.9 Å². The summed E-state index contributed by atoms with van der Waals surface area (Å²) < 4.78 is 3.97. The maximum Gasteiger partial charge on any atom is 0.338 e. The second-order valence-corrected chi connectivity index (χ2v) is 3.49. The number of hydrogen-bond acceptors (Lipinski definition) is 5. The van der Waals surface area contributed by atoms with Gasteiger partial charge in [0.25, 0.3) is 0 Å². The van der Waals surface area contributed by atoms with Gasteiger partial charge >= 0.3 is 17.9 Å². The number of esters is 2. The molecule has 0 unspecified atom stereocenters. The van der Waals surface area contributed by atoms with E-state index in [9.17, 15) is 19.2 Å². The van der Waals surface area contributed by atoms with E-state index < -0.39 is 17.9 Å². The lowest BCUT2D eigenvalue weighted by atomic mass is 10.4. The van der Waals surface area contributed by atoms with E-state index in [0.717, 1.165) is 31.2 Å². The Morgan fingerprint density at radius 1 is 1.25 bits per heavy atom. The number of likely N-dealkylation sites (tertiary alicyclic amines) is 1. The average molecular weight is 281 g/mol. The van der Waals surface area contributed by atoms with E-state index in [0.29, 0.717) is 6.42 Å². The van der Waals surface area contributed by atoms with Crippen LogP contribution in [0.25, 0.3) is 0 Å². The Bertz CT molecular complexity index is 436. The Balaban J connectivity index is 0.000000280. The maximum atomic E-state index is 10.7. The largest absolute Gasteiger partial charge is 0.478 e. The highest BCUT2D eigenvalue weighted by Crippen LogP contribution is 2.08. The summed E-state index contributed by atoms with van der Waals surface area (Å²) in [5.41, 5.74) is 0. The van der Waals surface area contributed by atoms with Gasteiger partial charge in [0.1, 0.15) is 0 Å². The van der Waals surface area contributed by atoms with Crippen LogP contribution in [0.3, 0.4) is 0 Å². The van der Waals surface area contributed by atoms with Crippen LogP contribution in [0.4, 0.5) is 0 Å². The molecule has 0 aromatic carbocycles. The number of rotatable bonds is 2. The highest BCUT2D eigenvalue weighted by Gasteiger charge is 2.16. The summed E-state index contributed by atoms with van der Waals surface area (Å²) in [5.74, 6) is -1.93. The van der Waals surface area contributed by atoms with Crippen LogP contribution in [0.5, 0.6) is 0 Å². The fraction of sp³-hybridized carbons (Fsp3) is 0.231. The zero-order valence-electron chi connectivity index (χ0n) is 10.8. The molecule has 0 aromatic heterocycles. The molecule has 1 amide bonds. The predicted molar refractivity (Wildman–Crippen MR) is 69.2 cm³/mol. The first-order chi connectivity index (χ1) is 9.40. The maximum absolute atomic E-state index is 10.7. The monoisotopic (exact) mass is 281 g/mol. The molecule has 0 bridgehead atoms. The Labute approximate surface area is 115 Å². The topological polar surface area (TPSA) is 101 Å². The van der Waals surface area contributed by atoms with Gasteiger partial charge in [0.05, 0.1) is 0 Å². The van der Waals surface area contributed by atoms with E-state index in [1.165, 1.54) is 0 Å². The summed E-state index contributed by atoms with van der Waals surface area (Å²) in [7, 11) is 0. The summed E-state index contributed by atoms with van der Waals surface area (Å²) in [4.78, 5) is 41.4. The number of cyclic esters (lactones) is 2. The van der Waals surface area contributed by atoms with Crippen LogP contribution in [0.15, 0.2) is 37.6 Å². The molecular weight excluding hydrogens is 266 g/mol. The number of hydrogen-bond donors (Lipinski definition) is 1. The summed E-state index contributed by atoms with van der Waals surface area (Å²) in [6, 6.07) is 0. The molecule has 108 valence electrons. The van der Waals surface area contributed by atoms with Gasteiger partial charge in [0.2, 0.25) is 5.91 Å². The van der Waals surface area contributed by atoms with Crippen molar-refractivity contribution in [2.24, 2.45) is 0 Å². The molecule has 0 aromatic rings.